The van der Waals surface area contributed by atoms with E-state index in [0.29, 0.717) is 24.2 Å². The second-order valence-electron chi connectivity index (χ2n) is 6.00. The molecule has 1 atom stereocenters. The number of hydrogen-bond donors (Lipinski definition) is 1. The predicted octanol–water partition coefficient (Wildman–Crippen LogP) is 2.16. The van der Waals surface area contributed by atoms with Crippen LogP contribution in [-0.2, 0) is 10.0 Å². The second kappa shape index (κ2) is 7.31. The fourth-order valence-corrected chi connectivity index (χ4v) is 4.67. The molecule has 0 saturated carbocycles. The van der Waals surface area contributed by atoms with Crippen molar-refractivity contribution in [2.24, 2.45) is 0 Å². The average Bonchev–Trinajstić information content (AvgIpc) is 2.68. The van der Waals surface area contributed by atoms with Gasteiger partial charge in [0.1, 0.15) is 0 Å². The summed E-state index contributed by atoms with van der Waals surface area (Å²) >= 11 is 0. The van der Waals surface area contributed by atoms with Crippen molar-refractivity contribution in [2.75, 3.05) is 13.2 Å². The zero-order valence-electron chi connectivity index (χ0n) is 13.7. The van der Waals surface area contributed by atoms with Gasteiger partial charge in [0.15, 0.2) is 5.03 Å². The predicted molar refractivity (Wildman–Crippen MR) is 93.0 cm³/mol. The molecule has 1 aromatic heterocycles. The maximum atomic E-state index is 12.9. The Hall–Kier alpha value is -2.27. The van der Waals surface area contributed by atoms with Crippen LogP contribution in [0.3, 0.4) is 0 Å². The normalized spacial score (nSPS) is 18.6. The molecule has 3 rings (SSSR count). The minimum absolute atomic E-state index is 0.0188. The monoisotopic (exact) mass is 357 g/mol. The van der Waals surface area contributed by atoms with E-state index in [4.69, 9.17) is 5.26 Å². The molecule has 0 amide bonds. The Kier molecular flexibility index (Phi) is 5.13. The summed E-state index contributed by atoms with van der Waals surface area (Å²) in [6.07, 6.45) is 2.35. The highest BCUT2D eigenvalue weighted by Crippen LogP contribution is 2.26. The van der Waals surface area contributed by atoms with E-state index in [1.54, 1.807) is 36.4 Å². The summed E-state index contributed by atoms with van der Waals surface area (Å²) in [6.45, 7) is 0.213. The molecule has 2 aromatic rings. The van der Waals surface area contributed by atoms with E-state index in [2.05, 4.69) is 4.98 Å². The molecule has 0 spiro atoms. The zero-order valence-corrected chi connectivity index (χ0v) is 14.5. The van der Waals surface area contributed by atoms with Gasteiger partial charge in [0, 0.05) is 18.2 Å². The summed E-state index contributed by atoms with van der Waals surface area (Å²) in [6, 6.07) is 13.4. The van der Waals surface area contributed by atoms with E-state index < -0.39 is 10.0 Å². The molecule has 130 valence electrons. The smallest absolute Gasteiger partial charge is 0.260 e. The molecule has 0 radical (unpaired) electrons. The summed E-state index contributed by atoms with van der Waals surface area (Å²) in [7, 11) is -3.76. The van der Waals surface area contributed by atoms with Gasteiger partial charge in [0.25, 0.3) is 10.0 Å². The van der Waals surface area contributed by atoms with Crippen molar-refractivity contribution in [1.29, 1.82) is 5.26 Å². The molecule has 0 bridgehead atoms. The van der Waals surface area contributed by atoms with Crippen LogP contribution in [0.25, 0.3) is 11.3 Å². The van der Waals surface area contributed by atoms with Gasteiger partial charge in [-0.05, 0) is 37.1 Å². The SMILES string of the molecule is N#Cc1ccc(-c2cccc(S(=O)(=O)N3CCCCC3CO)n2)cc1. The van der Waals surface area contributed by atoms with Crippen molar-refractivity contribution in [1.82, 2.24) is 9.29 Å². The summed E-state index contributed by atoms with van der Waals surface area (Å²) in [4.78, 5) is 4.32. The molecule has 1 N–H and O–H groups in total. The van der Waals surface area contributed by atoms with Crippen molar-refractivity contribution in [3.8, 4) is 17.3 Å². The number of aliphatic hydroxyl groups is 1. The number of rotatable bonds is 4. The third-order valence-electron chi connectivity index (χ3n) is 4.39. The molecule has 0 aliphatic carbocycles. The lowest BCUT2D eigenvalue weighted by Gasteiger charge is -2.33. The van der Waals surface area contributed by atoms with Crippen LogP contribution in [0.2, 0.25) is 0 Å². The van der Waals surface area contributed by atoms with E-state index in [0.717, 1.165) is 18.4 Å². The highest BCUT2D eigenvalue weighted by atomic mass is 32.2. The molecule has 1 aliphatic heterocycles. The van der Waals surface area contributed by atoms with E-state index in [9.17, 15) is 13.5 Å². The molecule has 2 heterocycles. The maximum absolute atomic E-state index is 12.9. The van der Waals surface area contributed by atoms with Gasteiger partial charge in [-0.1, -0.05) is 24.6 Å². The van der Waals surface area contributed by atoms with Crippen LogP contribution in [0.4, 0.5) is 0 Å². The second-order valence-corrected chi connectivity index (χ2v) is 7.84. The van der Waals surface area contributed by atoms with Crippen molar-refractivity contribution in [3.63, 3.8) is 0 Å². The zero-order chi connectivity index (χ0) is 17.9. The molecule has 1 saturated heterocycles. The van der Waals surface area contributed by atoms with Gasteiger partial charge < -0.3 is 5.11 Å². The number of hydrogen-bond acceptors (Lipinski definition) is 5. The molecule has 1 fully saturated rings. The van der Waals surface area contributed by atoms with Gasteiger partial charge >= 0.3 is 0 Å². The van der Waals surface area contributed by atoms with Crippen molar-refractivity contribution < 1.29 is 13.5 Å². The van der Waals surface area contributed by atoms with Gasteiger partial charge in [-0.2, -0.15) is 9.57 Å². The van der Waals surface area contributed by atoms with Crippen LogP contribution in [0, 0.1) is 11.3 Å². The van der Waals surface area contributed by atoms with Gasteiger partial charge in [-0.25, -0.2) is 13.4 Å². The molecule has 1 aliphatic rings. The standard InChI is InChI=1S/C18H19N3O3S/c19-12-14-7-9-15(10-8-14)17-5-3-6-18(20-17)25(23,24)21-11-2-1-4-16(21)13-22/h3,5-10,16,22H,1-2,4,11,13H2. The average molecular weight is 357 g/mol. The quantitative estimate of drug-likeness (QED) is 0.905. The van der Waals surface area contributed by atoms with E-state index >= 15 is 0 Å². The van der Waals surface area contributed by atoms with Crippen LogP contribution in [0.1, 0.15) is 24.8 Å². The minimum atomic E-state index is -3.76. The number of nitrogens with zero attached hydrogens (tertiary/aromatic N) is 3. The van der Waals surface area contributed by atoms with Crippen molar-refractivity contribution in [2.45, 2.75) is 30.3 Å². The summed E-state index contributed by atoms with van der Waals surface area (Å²) in [5, 5.41) is 18.4. The Morgan fingerprint density at radius 2 is 1.96 bits per heavy atom. The Labute approximate surface area is 147 Å². The van der Waals surface area contributed by atoms with Crippen LogP contribution < -0.4 is 0 Å². The molecule has 6 nitrogen and oxygen atoms in total. The lowest BCUT2D eigenvalue weighted by atomic mass is 10.1. The van der Waals surface area contributed by atoms with Gasteiger partial charge in [-0.15, -0.1) is 0 Å². The minimum Gasteiger partial charge on any atom is -0.395 e. The summed E-state index contributed by atoms with van der Waals surface area (Å²) < 4.78 is 27.3. The molecule has 7 heteroatoms. The molecule has 25 heavy (non-hydrogen) atoms. The van der Waals surface area contributed by atoms with Crippen molar-refractivity contribution in [3.05, 3.63) is 48.0 Å². The Bertz CT molecular complexity index is 889. The Balaban J connectivity index is 1.96. The van der Waals surface area contributed by atoms with E-state index in [1.807, 2.05) is 6.07 Å². The molecular formula is C18H19N3O3S. The number of benzene rings is 1. The highest BCUT2D eigenvalue weighted by molar-refractivity contribution is 7.89. The molecule has 1 aromatic carbocycles. The van der Waals surface area contributed by atoms with Crippen LogP contribution >= 0.6 is 0 Å². The number of aromatic nitrogens is 1. The fraction of sp³-hybridized carbons (Fsp3) is 0.333. The fourth-order valence-electron chi connectivity index (χ4n) is 3.03. The number of nitriles is 1. The largest absolute Gasteiger partial charge is 0.395 e. The van der Waals surface area contributed by atoms with Crippen LogP contribution in [0.5, 0.6) is 0 Å². The number of aliphatic hydroxyl groups excluding tert-OH is 1. The first kappa shape index (κ1) is 17.5. The van der Waals surface area contributed by atoms with Gasteiger partial charge in [-0.3, -0.25) is 0 Å². The summed E-state index contributed by atoms with van der Waals surface area (Å²) in [5.74, 6) is 0. The van der Waals surface area contributed by atoms with E-state index in [-0.39, 0.29) is 17.7 Å². The number of sulfonamides is 1. The first-order chi connectivity index (χ1) is 12.1. The maximum Gasteiger partial charge on any atom is 0.260 e. The third-order valence-corrected chi connectivity index (χ3v) is 6.24. The Morgan fingerprint density at radius 1 is 1.20 bits per heavy atom. The van der Waals surface area contributed by atoms with Crippen LogP contribution in [-0.4, -0.2) is 42.0 Å². The highest BCUT2D eigenvalue weighted by Gasteiger charge is 2.34. The van der Waals surface area contributed by atoms with Crippen molar-refractivity contribution >= 4 is 10.0 Å². The first-order valence-corrected chi connectivity index (χ1v) is 9.60. The number of pyridine rings is 1. The first-order valence-electron chi connectivity index (χ1n) is 8.16. The number of piperidine rings is 1. The third kappa shape index (κ3) is 3.56. The summed E-state index contributed by atoms with van der Waals surface area (Å²) in [5.41, 5.74) is 1.81. The lowest BCUT2D eigenvalue weighted by molar-refractivity contribution is 0.155. The lowest BCUT2D eigenvalue weighted by Crippen LogP contribution is -2.45. The van der Waals surface area contributed by atoms with Gasteiger partial charge in [0.05, 0.1) is 23.9 Å². The van der Waals surface area contributed by atoms with Gasteiger partial charge in [0.2, 0.25) is 0 Å². The van der Waals surface area contributed by atoms with E-state index in [1.165, 1.54) is 10.4 Å². The van der Waals surface area contributed by atoms with Crippen LogP contribution in [0.15, 0.2) is 47.5 Å². The Morgan fingerprint density at radius 3 is 2.64 bits per heavy atom. The molecular weight excluding hydrogens is 338 g/mol. The molecule has 1 unspecified atom stereocenters. The topological polar surface area (TPSA) is 94.3 Å².